The van der Waals surface area contributed by atoms with Gasteiger partial charge in [0.25, 0.3) is 5.69 Å². The molecule has 4 aromatic rings. The monoisotopic (exact) mass is 464 g/mol. The number of hydrogen-bond donors (Lipinski definition) is 1. The van der Waals surface area contributed by atoms with Crippen LogP contribution in [0.2, 0.25) is 0 Å². The number of hydrogen-bond acceptors (Lipinski definition) is 7. The molecule has 1 N–H and O–H groups in total. The second kappa shape index (κ2) is 10.0. The molecule has 4 rings (SSSR count). The minimum Gasteiger partial charge on any atom is -0.494 e. The van der Waals surface area contributed by atoms with Gasteiger partial charge in [0, 0.05) is 6.07 Å². The number of nitro benzene ring substituents is 1. The summed E-state index contributed by atoms with van der Waals surface area (Å²) in [6, 6.07) is 17.6. The van der Waals surface area contributed by atoms with Crippen LogP contribution in [0.5, 0.6) is 5.75 Å². The number of rotatable bonds is 9. The molecule has 168 valence electrons. The van der Waals surface area contributed by atoms with Crippen LogP contribution in [-0.4, -0.2) is 33.2 Å². The van der Waals surface area contributed by atoms with E-state index >= 15 is 0 Å². The molecule has 0 unspecified atom stereocenters. The molecule has 0 saturated heterocycles. The maximum atomic E-state index is 12.6. The highest BCUT2D eigenvalue weighted by Gasteiger charge is 2.17. The highest BCUT2D eigenvalue weighted by molar-refractivity contribution is 7.99. The molecule has 0 radical (unpaired) electrons. The summed E-state index contributed by atoms with van der Waals surface area (Å²) >= 11 is 1.28. The number of carbonyl (C=O) groups excluding carboxylic acids is 1. The van der Waals surface area contributed by atoms with Crippen molar-refractivity contribution in [2.45, 2.75) is 11.7 Å². The van der Waals surface area contributed by atoms with Crippen LogP contribution < -0.4 is 10.1 Å². The topological polar surface area (TPSA) is 112 Å². The number of thioether (sulfide) groups is 1. The van der Waals surface area contributed by atoms with Crippen LogP contribution in [-0.2, 0) is 11.3 Å². The summed E-state index contributed by atoms with van der Waals surface area (Å²) in [6.45, 7) is 0.470. The zero-order valence-corrected chi connectivity index (χ0v) is 18.5. The zero-order valence-electron chi connectivity index (χ0n) is 17.6. The van der Waals surface area contributed by atoms with Gasteiger partial charge < -0.3 is 19.0 Å². The van der Waals surface area contributed by atoms with Gasteiger partial charge in [-0.25, -0.2) is 4.98 Å². The van der Waals surface area contributed by atoms with Crippen molar-refractivity contribution in [3.63, 3.8) is 0 Å². The number of carbonyl (C=O) groups is 1. The Labute approximate surface area is 193 Å². The van der Waals surface area contributed by atoms with E-state index in [2.05, 4.69) is 10.3 Å². The molecule has 2 heterocycles. The molecule has 0 spiro atoms. The number of amides is 1. The molecule has 33 heavy (non-hydrogen) atoms. The maximum Gasteiger partial charge on any atom is 0.273 e. The molecular weight excluding hydrogens is 444 g/mol. The first kappa shape index (κ1) is 22.2. The fraction of sp³-hybridized carbons (Fsp3) is 0.130. The summed E-state index contributed by atoms with van der Waals surface area (Å²) in [4.78, 5) is 27.6. The van der Waals surface area contributed by atoms with Crippen LogP contribution in [0.25, 0.3) is 11.3 Å². The van der Waals surface area contributed by atoms with Gasteiger partial charge in [-0.05, 0) is 23.8 Å². The molecule has 1 amide bonds. The van der Waals surface area contributed by atoms with Crippen molar-refractivity contribution in [3.8, 4) is 17.0 Å². The first-order chi connectivity index (χ1) is 16.0. The van der Waals surface area contributed by atoms with Crippen LogP contribution in [0.1, 0.15) is 5.76 Å². The van der Waals surface area contributed by atoms with Gasteiger partial charge in [0.1, 0.15) is 11.5 Å². The zero-order chi connectivity index (χ0) is 23.2. The minimum absolute atomic E-state index is 0.0868. The van der Waals surface area contributed by atoms with Gasteiger partial charge in [0.15, 0.2) is 5.16 Å². The van der Waals surface area contributed by atoms with Crippen LogP contribution in [0.4, 0.5) is 11.4 Å². The lowest BCUT2D eigenvalue weighted by Crippen LogP contribution is -2.15. The minimum atomic E-state index is -0.521. The summed E-state index contributed by atoms with van der Waals surface area (Å²) in [6.07, 6.45) is 3.39. The fourth-order valence-electron chi connectivity index (χ4n) is 3.24. The van der Waals surface area contributed by atoms with E-state index in [1.807, 2.05) is 47.0 Å². The number of furan rings is 1. The quantitative estimate of drug-likeness (QED) is 0.214. The number of methoxy groups -OCH3 is 1. The molecule has 2 aromatic carbocycles. The Morgan fingerprint density at radius 2 is 2.03 bits per heavy atom. The number of nitrogens with one attached hydrogen (secondary N) is 1. The number of anilines is 1. The molecule has 0 atom stereocenters. The van der Waals surface area contributed by atoms with Gasteiger partial charge in [-0.2, -0.15) is 0 Å². The van der Waals surface area contributed by atoms with Gasteiger partial charge in [-0.1, -0.05) is 42.1 Å². The second-order valence-corrected chi connectivity index (χ2v) is 7.88. The van der Waals surface area contributed by atoms with Crippen molar-refractivity contribution in [3.05, 3.63) is 89.0 Å². The lowest BCUT2D eigenvalue weighted by Gasteiger charge is -2.12. The van der Waals surface area contributed by atoms with Gasteiger partial charge in [-0.3, -0.25) is 14.9 Å². The van der Waals surface area contributed by atoms with E-state index in [0.29, 0.717) is 17.4 Å². The summed E-state index contributed by atoms with van der Waals surface area (Å²) in [7, 11) is 1.39. The van der Waals surface area contributed by atoms with Crippen molar-refractivity contribution in [2.75, 3.05) is 18.2 Å². The molecule has 0 bridgehead atoms. The SMILES string of the molecule is COc1cc([N+](=O)[O-])ccc1NC(=O)CSc1ncc(-c2ccccc2)n1Cc1ccco1. The van der Waals surface area contributed by atoms with Crippen molar-refractivity contribution in [1.82, 2.24) is 9.55 Å². The Balaban J connectivity index is 1.50. The number of nitrogens with zero attached hydrogens (tertiary/aromatic N) is 3. The number of ether oxygens (including phenoxy) is 1. The van der Waals surface area contributed by atoms with Gasteiger partial charge in [0.2, 0.25) is 5.91 Å². The largest absolute Gasteiger partial charge is 0.494 e. The van der Waals surface area contributed by atoms with Gasteiger partial charge in [-0.15, -0.1) is 0 Å². The summed E-state index contributed by atoms with van der Waals surface area (Å²) in [5.74, 6) is 0.782. The molecule has 0 aliphatic carbocycles. The van der Waals surface area contributed by atoms with Crippen LogP contribution >= 0.6 is 11.8 Å². The Morgan fingerprint density at radius 1 is 1.21 bits per heavy atom. The standard InChI is InChI=1S/C23H20N4O5S/c1-31-21-12-17(27(29)30)9-10-19(21)25-22(28)15-33-23-24-13-20(16-6-3-2-4-7-16)26(23)14-18-8-5-11-32-18/h2-13H,14-15H2,1H3,(H,25,28). The number of nitro groups is 1. The van der Waals surface area contributed by atoms with Gasteiger partial charge >= 0.3 is 0 Å². The van der Waals surface area contributed by atoms with E-state index in [0.717, 1.165) is 17.0 Å². The lowest BCUT2D eigenvalue weighted by atomic mass is 10.2. The summed E-state index contributed by atoms with van der Waals surface area (Å²) < 4.78 is 12.7. The third-order valence-electron chi connectivity index (χ3n) is 4.78. The normalized spacial score (nSPS) is 10.7. The lowest BCUT2D eigenvalue weighted by molar-refractivity contribution is -0.384. The predicted molar refractivity (Wildman–Crippen MR) is 124 cm³/mol. The van der Waals surface area contributed by atoms with Crippen molar-refractivity contribution < 1.29 is 18.9 Å². The van der Waals surface area contributed by atoms with Crippen molar-refractivity contribution >= 4 is 29.0 Å². The Kier molecular flexibility index (Phi) is 6.75. The molecule has 2 aromatic heterocycles. The molecule has 0 aliphatic rings. The average Bonchev–Trinajstić information content (AvgIpc) is 3.49. The third-order valence-corrected chi connectivity index (χ3v) is 5.78. The van der Waals surface area contributed by atoms with E-state index in [-0.39, 0.29) is 23.1 Å². The number of benzene rings is 2. The van der Waals surface area contributed by atoms with Gasteiger partial charge in [0.05, 0.1) is 54.2 Å². The number of non-ortho nitro benzene ring substituents is 1. The van der Waals surface area contributed by atoms with Crippen molar-refractivity contribution in [2.24, 2.45) is 0 Å². The maximum absolute atomic E-state index is 12.6. The average molecular weight is 465 g/mol. The molecule has 10 heteroatoms. The smallest absolute Gasteiger partial charge is 0.273 e. The second-order valence-electron chi connectivity index (χ2n) is 6.94. The highest BCUT2D eigenvalue weighted by atomic mass is 32.2. The van der Waals surface area contributed by atoms with Crippen LogP contribution in [0, 0.1) is 10.1 Å². The first-order valence-corrected chi connectivity index (χ1v) is 10.9. The van der Waals surface area contributed by atoms with Crippen LogP contribution in [0.15, 0.2) is 82.7 Å². The predicted octanol–water partition coefficient (Wildman–Crippen LogP) is 4.84. The van der Waals surface area contributed by atoms with E-state index < -0.39 is 4.92 Å². The third kappa shape index (κ3) is 5.24. The van der Waals surface area contributed by atoms with E-state index in [4.69, 9.17) is 9.15 Å². The molecule has 0 aliphatic heterocycles. The Morgan fingerprint density at radius 3 is 2.73 bits per heavy atom. The number of imidazole rings is 1. The van der Waals surface area contributed by atoms with E-state index in [9.17, 15) is 14.9 Å². The van der Waals surface area contributed by atoms with Crippen LogP contribution in [0.3, 0.4) is 0 Å². The Hall–Kier alpha value is -4.05. The molecule has 0 saturated carbocycles. The highest BCUT2D eigenvalue weighted by Crippen LogP contribution is 2.30. The summed E-state index contributed by atoms with van der Waals surface area (Å²) in [5.41, 5.74) is 2.15. The first-order valence-electron chi connectivity index (χ1n) is 9.93. The van der Waals surface area contributed by atoms with E-state index in [1.54, 1.807) is 12.5 Å². The summed E-state index contributed by atoms with van der Waals surface area (Å²) in [5, 5.41) is 14.4. The molecule has 9 nitrogen and oxygen atoms in total. The Bertz CT molecular complexity index is 1260. The van der Waals surface area contributed by atoms with E-state index in [1.165, 1.54) is 37.1 Å². The fourth-order valence-corrected chi connectivity index (χ4v) is 4.02. The molecular formula is C23H20N4O5S. The molecule has 0 fully saturated rings. The van der Waals surface area contributed by atoms with Crippen molar-refractivity contribution in [1.29, 1.82) is 0 Å². The number of aromatic nitrogens is 2.